The minimum atomic E-state index is 0.674. The highest BCUT2D eigenvalue weighted by Gasteiger charge is 2.23. The molecule has 2 atom stereocenters. The normalized spacial score (nSPS) is 28.6. The molecule has 3 nitrogen and oxygen atoms in total. The first-order chi connectivity index (χ1) is 9.69. The third-order valence-corrected chi connectivity index (χ3v) is 5.47. The van der Waals surface area contributed by atoms with Crippen molar-refractivity contribution in [1.82, 2.24) is 15.1 Å². The van der Waals surface area contributed by atoms with Gasteiger partial charge in [0.25, 0.3) is 0 Å². The van der Waals surface area contributed by atoms with Crippen LogP contribution in [0.15, 0.2) is 0 Å². The van der Waals surface area contributed by atoms with Crippen molar-refractivity contribution in [1.29, 1.82) is 0 Å². The minimum absolute atomic E-state index is 0.674. The van der Waals surface area contributed by atoms with E-state index in [1.807, 2.05) is 0 Å². The van der Waals surface area contributed by atoms with Gasteiger partial charge in [0.1, 0.15) is 0 Å². The van der Waals surface area contributed by atoms with Gasteiger partial charge in [0.15, 0.2) is 0 Å². The molecule has 2 aliphatic heterocycles. The monoisotopic (exact) mass is 281 g/mol. The van der Waals surface area contributed by atoms with E-state index in [-0.39, 0.29) is 0 Å². The molecule has 0 aromatic rings. The van der Waals surface area contributed by atoms with Gasteiger partial charge >= 0.3 is 0 Å². The third-order valence-electron chi connectivity index (χ3n) is 5.47. The van der Waals surface area contributed by atoms with Crippen LogP contribution in [0.2, 0.25) is 0 Å². The van der Waals surface area contributed by atoms with Gasteiger partial charge in [0.05, 0.1) is 0 Å². The van der Waals surface area contributed by atoms with Gasteiger partial charge in [0, 0.05) is 25.7 Å². The zero-order valence-electron chi connectivity index (χ0n) is 13.9. The van der Waals surface area contributed by atoms with Gasteiger partial charge in [-0.2, -0.15) is 0 Å². The van der Waals surface area contributed by atoms with Gasteiger partial charge in [-0.25, -0.2) is 0 Å². The van der Waals surface area contributed by atoms with Crippen LogP contribution >= 0.6 is 0 Å². The van der Waals surface area contributed by atoms with Gasteiger partial charge in [-0.3, -0.25) is 0 Å². The Morgan fingerprint density at radius 1 is 1.10 bits per heavy atom. The molecule has 2 rings (SSSR count). The summed E-state index contributed by atoms with van der Waals surface area (Å²) in [4.78, 5) is 5.25. The quantitative estimate of drug-likeness (QED) is 0.807. The summed E-state index contributed by atoms with van der Waals surface area (Å²) in [5.74, 6) is 1.80. The fraction of sp³-hybridized carbons (Fsp3) is 1.00. The second kappa shape index (κ2) is 8.35. The van der Waals surface area contributed by atoms with Crippen LogP contribution < -0.4 is 5.32 Å². The SMILES string of the molecule is CCN1CCCC(C(C)NCCN2CCC(C)CC2)C1. The lowest BCUT2D eigenvalue weighted by atomic mass is 9.91. The summed E-state index contributed by atoms with van der Waals surface area (Å²) in [6.45, 7) is 15.9. The number of rotatable bonds is 6. The Hall–Kier alpha value is -0.120. The predicted molar refractivity (Wildman–Crippen MR) is 87.1 cm³/mol. The van der Waals surface area contributed by atoms with Crippen molar-refractivity contribution in [2.45, 2.75) is 52.5 Å². The lowest BCUT2D eigenvalue weighted by Gasteiger charge is -2.36. The molecule has 2 aliphatic rings. The van der Waals surface area contributed by atoms with Crippen LogP contribution in [0.4, 0.5) is 0 Å². The van der Waals surface area contributed by atoms with Gasteiger partial charge in [-0.05, 0) is 70.6 Å². The van der Waals surface area contributed by atoms with E-state index in [1.54, 1.807) is 0 Å². The number of likely N-dealkylation sites (tertiary alicyclic amines) is 2. The van der Waals surface area contributed by atoms with Crippen LogP contribution in [0.1, 0.15) is 46.5 Å². The highest BCUT2D eigenvalue weighted by Crippen LogP contribution is 2.19. The maximum Gasteiger partial charge on any atom is 0.0107 e. The summed E-state index contributed by atoms with van der Waals surface area (Å²) >= 11 is 0. The Labute approximate surface area is 126 Å². The molecule has 0 radical (unpaired) electrons. The minimum Gasteiger partial charge on any atom is -0.313 e. The van der Waals surface area contributed by atoms with Crippen molar-refractivity contribution in [2.24, 2.45) is 11.8 Å². The van der Waals surface area contributed by atoms with Gasteiger partial charge < -0.3 is 15.1 Å². The Bertz CT molecular complexity index is 261. The molecule has 0 aromatic carbocycles. The van der Waals surface area contributed by atoms with Crippen LogP contribution in [0.25, 0.3) is 0 Å². The lowest BCUT2D eigenvalue weighted by molar-refractivity contribution is 0.151. The average Bonchev–Trinajstić information content (AvgIpc) is 2.49. The Kier molecular flexibility index (Phi) is 6.79. The van der Waals surface area contributed by atoms with Crippen LogP contribution in [0.5, 0.6) is 0 Å². The maximum atomic E-state index is 3.79. The number of hydrogen-bond acceptors (Lipinski definition) is 3. The second-order valence-corrected chi connectivity index (χ2v) is 7.06. The molecule has 0 bridgehead atoms. The highest BCUT2D eigenvalue weighted by atomic mass is 15.2. The van der Waals surface area contributed by atoms with E-state index in [0.717, 1.165) is 18.4 Å². The summed E-state index contributed by atoms with van der Waals surface area (Å²) in [6, 6.07) is 0.674. The first kappa shape index (κ1) is 16.3. The molecule has 20 heavy (non-hydrogen) atoms. The van der Waals surface area contributed by atoms with Gasteiger partial charge in [0.2, 0.25) is 0 Å². The largest absolute Gasteiger partial charge is 0.313 e. The van der Waals surface area contributed by atoms with Crippen molar-refractivity contribution < 1.29 is 0 Å². The molecule has 2 saturated heterocycles. The van der Waals surface area contributed by atoms with E-state index in [1.165, 1.54) is 65.0 Å². The molecular formula is C17H35N3. The van der Waals surface area contributed by atoms with E-state index >= 15 is 0 Å². The topological polar surface area (TPSA) is 18.5 Å². The summed E-state index contributed by atoms with van der Waals surface area (Å²) in [6.07, 6.45) is 5.58. The Balaban J connectivity index is 1.61. The van der Waals surface area contributed by atoms with E-state index in [2.05, 4.69) is 35.9 Å². The molecule has 0 saturated carbocycles. The van der Waals surface area contributed by atoms with Crippen molar-refractivity contribution in [3.05, 3.63) is 0 Å². The molecule has 2 heterocycles. The number of nitrogens with zero attached hydrogens (tertiary/aromatic N) is 2. The molecule has 2 unspecified atom stereocenters. The standard InChI is InChI=1S/C17H35N3/c1-4-19-10-5-6-17(14-19)16(3)18-9-13-20-11-7-15(2)8-12-20/h15-18H,4-14H2,1-3H3. The summed E-state index contributed by atoms with van der Waals surface area (Å²) in [5.41, 5.74) is 0. The number of piperidine rings is 2. The fourth-order valence-corrected chi connectivity index (χ4v) is 3.69. The predicted octanol–water partition coefficient (Wildman–Crippen LogP) is 2.43. The average molecular weight is 281 g/mol. The van der Waals surface area contributed by atoms with Crippen molar-refractivity contribution in [3.63, 3.8) is 0 Å². The first-order valence-corrected chi connectivity index (χ1v) is 8.87. The molecule has 0 spiro atoms. The van der Waals surface area contributed by atoms with Crippen molar-refractivity contribution in [3.8, 4) is 0 Å². The number of nitrogens with one attached hydrogen (secondary N) is 1. The van der Waals surface area contributed by atoms with Gasteiger partial charge in [-0.15, -0.1) is 0 Å². The van der Waals surface area contributed by atoms with Crippen molar-refractivity contribution >= 4 is 0 Å². The molecule has 0 aromatic heterocycles. The van der Waals surface area contributed by atoms with E-state index in [9.17, 15) is 0 Å². The molecule has 3 heteroatoms. The molecule has 2 fully saturated rings. The van der Waals surface area contributed by atoms with Gasteiger partial charge in [-0.1, -0.05) is 13.8 Å². The lowest BCUT2D eigenvalue weighted by Crippen LogP contribution is -2.46. The zero-order chi connectivity index (χ0) is 14.4. The summed E-state index contributed by atoms with van der Waals surface area (Å²) in [7, 11) is 0. The second-order valence-electron chi connectivity index (χ2n) is 7.06. The molecular weight excluding hydrogens is 246 g/mol. The van der Waals surface area contributed by atoms with E-state index in [0.29, 0.717) is 6.04 Å². The first-order valence-electron chi connectivity index (χ1n) is 8.87. The summed E-state index contributed by atoms with van der Waals surface area (Å²) in [5, 5.41) is 3.79. The third kappa shape index (κ3) is 5.01. The van der Waals surface area contributed by atoms with E-state index < -0.39 is 0 Å². The zero-order valence-corrected chi connectivity index (χ0v) is 13.9. The van der Waals surface area contributed by atoms with E-state index in [4.69, 9.17) is 0 Å². The smallest absolute Gasteiger partial charge is 0.0107 e. The van der Waals surface area contributed by atoms with Crippen LogP contribution in [0.3, 0.4) is 0 Å². The Morgan fingerprint density at radius 3 is 2.55 bits per heavy atom. The summed E-state index contributed by atoms with van der Waals surface area (Å²) < 4.78 is 0. The molecule has 1 N–H and O–H groups in total. The Morgan fingerprint density at radius 2 is 1.85 bits per heavy atom. The fourth-order valence-electron chi connectivity index (χ4n) is 3.69. The maximum absolute atomic E-state index is 3.79. The number of hydrogen-bond donors (Lipinski definition) is 1. The molecule has 0 amide bonds. The van der Waals surface area contributed by atoms with Crippen LogP contribution in [0, 0.1) is 11.8 Å². The van der Waals surface area contributed by atoms with Crippen LogP contribution in [-0.2, 0) is 0 Å². The molecule has 118 valence electrons. The van der Waals surface area contributed by atoms with Crippen LogP contribution in [-0.4, -0.2) is 61.7 Å². The molecule has 0 aliphatic carbocycles. The van der Waals surface area contributed by atoms with Crippen molar-refractivity contribution in [2.75, 3.05) is 45.8 Å². The highest BCUT2D eigenvalue weighted by molar-refractivity contribution is 4.80.